The summed E-state index contributed by atoms with van der Waals surface area (Å²) in [5, 5.41) is 9.64. The average molecular weight is 405 g/mol. The van der Waals surface area contributed by atoms with Crippen LogP contribution in [0.2, 0.25) is 0 Å². The SMILES string of the molecule is COc1ccc(-n2c(Cc3ccccc3)nnc2SCc2cccc(F)c2)cc1. The largest absolute Gasteiger partial charge is 0.497 e. The molecule has 6 heteroatoms. The fourth-order valence-corrected chi connectivity index (χ4v) is 3.97. The maximum atomic E-state index is 13.5. The molecule has 146 valence electrons. The number of methoxy groups -OCH3 is 1. The summed E-state index contributed by atoms with van der Waals surface area (Å²) in [6.07, 6.45) is 0.667. The van der Waals surface area contributed by atoms with Crippen molar-refractivity contribution in [2.75, 3.05) is 7.11 Å². The zero-order chi connectivity index (χ0) is 20.1. The zero-order valence-electron chi connectivity index (χ0n) is 16.0. The molecule has 0 radical (unpaired) electrons. The first kappa shape index (κ1) is 19.2. The Balaban J connectivity index is 1.66. The average Bonchev–Trinajstić information content (AvgIpc) is 3.15. The summed E-state index contributed by atoms with van der Waals surface area (Å²) in [7, 11) is 1.65. The second-order valence-electron chi connectivity index (χ2n) is 6.51. The van der Waals surface area contributed by atoms with Gasteiger partial charge in [0.25, 0.3) is 0 Å². The van der Waals surface area contributed by atoms with E-state index >= 15 is 0 Å². The topological polar surface area (TPSA) is 39.9 Å². The summed E-state index contributed by atoms with van der Waals surface area (Å²) in [5.74, 6) is 2.02. The van der Waals surface area contributed by atoms with Gasteiger partial charge in [-0.1, -0.05) is 54.2 Å². The molecule has 0 amide bonds. The molecular weight excluding hydrogens is 385 g/mol. The maximum absolute atomic E-state index is 13.5. The number of thioether (sulfide) groups is 1. The summed E-state index contributed by atoms with van der Waals surface area (Å²) < 4.78 is 20.8. The van der Waals surface area contributed by atoms with E-state index in [-0.39, 0.29) is 5.82 Å². The lowest BCUT2D eigenvalue weighted by molar-refractivity contribution is 0.414. The van der Waals surface area contributed by atoms with Crippen molar-refractivity contribution < 1.29 is 9.13 Å². The Morgan fingerprint density at radius 2 is 1.66 bits per heavy atom. The molecule has 0 bridgehead atoms. The second kappa shape index (κ2) is 8.92. The van der Waals surface area contributed by atoms with Gasteiger partial charge >= 0.3 is 0 Å². The third kappa shape index (κ3) is 4.66. The number of halogens is 1. The van der Waals surface area contributed by atoms with E-state index in [0.29, 0.717) is 12.2 Å². The van der Waals surface area contributed by atoms with Crippen LogP contribution in [-0.2, 0) is 12.2 Å². The van der Waals surface area contributed by atoms with E-state index in [1.54, 1.807) is 19.2 Å². The third-order valence-electron chi connectivity index (χ3n) is 4.49. The van der Waals surface area contributed by atoms with Crippen molar-refractivity contribution in [3.63, 3.8) is 0 Å². The number of hydrogen-bond acceptors (Lipinski definition) is 4. The normalized spacial score (nSPS) is 10.8. The van der Waals surface area contributed by atoms with Gasteiger partial charge in [-0.2, -0.15) is 0 Å². The zero-order valence-corrected chi connectivity index (χ0v) is 16.8. The van der Waals surface area contributed by atoms with Gasteiger partial charge in [0.05, 0.1) is 7.11 Å². The van der Waals surface area contributed by atoms with Crippen LogP contribution in [0.15, 0.2) is 84.0 Å². The van der Waals surface area contributed by atoms with E-state index in [1.165, 1.54) is 17.8 Å². The lowest BCUT2D eigenvalue weighted by atomic mass is 10.1. The fraction of sp³-hybridized carbons (Fsp3) is 0.130. The van der Waals surface area contributed by atoms with Crippen LogP contribution in [0.4, 0.5) is 4.39 Å². The molecule has 0 aliphatic carbocycles. The molecule has 0 N–H and O–H groups in total. The van der Waals surface area contributed by atoms with E-state index in [4.69, 9.17) is 4.74 Å². The highest BCUT2D eigenvalue weighted by Crippen LogP contribution is 2.27. The molecule has 29 heavy (non-hydrogen) atoms. The predicted molar refractivity (Wildman–Crippen MR) is 113 cm³/mol. The molecule has 0 spiro atoms. The minimum absolute atomic E-state index is 0.232. The third-order valence-corrected chi connectivity index (χ3v) is 5.49. The molecule has 4 nitrogen and oxygen atoms in total. The van der Waals surface area contributed by atoms with E-state index in [9.17, 15) is 4.39 Å². The summed E-state index contributed by atoms with van der Waals surface area (Å²) in [6.45, 7) is 0. The number of ether oxygens (including phenoxy) is 1. The Labute approximate surface area is 173 Å². The van der Waals surface area contributed by atoms with Crippen LogP contribution >= 0.6 is 11.8 Å². The number of rotatable bonds is 7. The van der Waals surface area contributed by atoms with Crippen LogP contribution in [0, 0.1) is 5.82 Å². The van der Waals surface area contributed by atoms with Gasteiger partial charge < -0.3 is 4.74 Å². The minimum Gasteiger partial charge on any atom is -0.497 e. The number of aromatic nitrogens is 3. The van der Waals surface area contributed by atoms with E-state index in [1.807, 2.05) is 48.5 Å². The highest BCUT2D eigenvalue weighted by atomic mass is 32.2. The first-order valence-corrected chi connectivity index (χ1v) is 10.2. The molecule has 0 saturated heterocycles. The Morgan fingerprint density at radius 3 is 2.38 bits per heavy atom. The highest BCUT2D eigenvalue weighted by Gasteiger charge is 2.15. The molecule has 0 fully saturated rings. The van der Waals surface area contributed by atoms with Crippen molar-refractivity contribution in [2.24, 2.45) is 0 Å². The molecule has 1 aromatic heterocycles. The second-order valence-corrected chi connectivity index (χ2v) is 7.46. The maximum Gasteiger partial charge on any atom is 0.196 e. The molecule has 4 aromatic rings. The Kier molecular flexibility index (Phi) is 5.91. The molecule has 0 saturated carbocycles. The van der Waals surface area contributed by atoms with Crippen molar-refractivity contribution >= 4 is 11.8 Å². The Hall–Kier alpha value is -3.12. The summed E-state index contributed by atoms with van der Waals surface area (Å²) in [6, 6.07) is 24.6. The van der Waals surface area contributed by atoms with Crippen LogP contribution in [0.1, 0.15) is 17.0 Å². The van der Waals surface area contributed by atoms with E-state index in [0.717, 1.165) is 33.5 Å². The van der Waals surface area contributed by atoms with Crippen molar-refractivity contribution in [1.29, 1.82) is 0 Å². The highest BCUT2D eigenvalue weighted by molar-refractivity contribution is 7.98. The molecule has 0 aliphatic rings. The fourth-order valence-electron chi connectivity index (χ4n) is 3.05. The van der Waals surface area contributed by atoms with Crippen molar-refractivity contribution in [1.82, 2.24) is 14.8 Å². The predicted octanol–water partition coefficient (Wildman–Crippen LogP) is 5.30. The van der Waals surface area contributed by atoms with Gasteiger partial charge in [-0.05, 0) is 47.5 Å². The molecule has 4 rings (SSSR count). The van der Waals surface area contributed by atoms with Gasteiger partial charge in [0.15, 0.2) is 5.16 Å². The molecule has 0 unspecified atom stereocenters. The van der Waals surface area contributed by atoms with Gasteiger partial charge in [-0.3, -0.25) is 4.57 Å². The Morgan fingerprint density at radius 1 is 0.897 bits per heavy atom. The molecule has 1 heterocycles. The smallest absolute Gasteiger partial charge is 0.196 e. The molecule has 0 atom stereocenters. The van der Waals surface area contributed by atoms with Crippen LogP contribution in [0.25, 0.3) is 5.69 Å². The van der Waals surface area contributed by atoms with Gasteiger partial charge in [0.2, 0.25) is 0 Å². The molecule has 3 aromatic carbocycles. The standard InChI is InChI=1S/C23H20FN3OS/c1-28-21-12-10-20(11-13-21)27-22(15-17-6-3-2-4-7-17)25-26-23(27)29-16-18-8-5-9-19(24)14-18/h2-14H,15-16H2,1H3. The number of hydrogen-bond donors (Lipinski definition) is 0. The monoisotopic (exact) mass is 405 g/mol. The van der Waals surface area contributed by atoms with Crippen LogP contribution in [0.3, 0.4) is 0 Å². The van der Waals surface area contributed by atoms with Crippen LogP contribution in [-0.4, -0.2) is 21.9 Å². The first-order chi connectivity index (χ1) is 14.2. The summed E-state index contributed by atoms with van der Waals surface area (Å²) in [5.41, 5.74) is 3.03. The van der Waals surface area contributed by atoms with Crippen molar-refractivity contribution in [3.05, 3.63) is 102 Å². The van der Waals surface area contributed by atoms with E-state index < -0.39 is 0 Å². The van der Waals surface area contributed by atoms with E-state index in [2.05, 4.69) is 26.9 Å². The summed E-state index contributed by atoms with van der Waals surface area (Å²) in [4.78, 5) is 0. The van der Waals surface area contributed by atoms with Crippen molar-refractivity contribution in [3.8, 4) is 11.4 Å². The van der Waals surface area contributed by atoms with Gasteiger partial charge in [-0.25, -0.2) is 4.39 Å². The number of nitrogens with zero attached hydrogens (tertiary/aromatic N) is 3. The van der Waals surface area contributed by atoms with Gasteiger partial charge in [0, 0.05) is 17.9 Å². The molecular formula is C23H20FN3OS. The Bertz CT molecular complexity index is 1080. The molecule has 0 aliphatic heterocycles. The van der Waals surface area contributed by atoms with Crippen LogP contribution in [0.5, 0.6) is 5.75 Å². The lowest BCUT2D eigenvalue weighted by Crippen LogP contribution is -2.04. The van der Waals surface area contributed by atoms with Crippen molar-refractivity contribution in [2.45, 2.75) is 17.3 Å². The van der Waals surface area contributed by atoms with Gasteiger partial charge in [0.1, 0.15) is 17.4 Å². The number of benzene rings is 3. The first-order valence-electron chi connectivity index (χ1n) is 9.23. The quantitative estimate of drug-likeness (QED) is 0.391. The lowest BCUT2D eigenvalue weighted by Gasteiger charge is -2.11. The minimum atomic E-state index is -0.232. The van der Waals surface area contributed by atoms with Gasteiger partial charge in [-0.15, -0.1) is 10.2 Å². The van der Waals surface area contributed by atoms with Crippen LogP contribution < -0.4 is 4.74 Å². The summed E-state index contributed by atoms with van der Waals surface area (Å²) >= 11 is 1.54.